The molecule has 2 aliphatic rings. The quantitative estimate of drug-likeness (QED) is 0.585. The van der Waals surface area contributed by atoms with Gasteiger partial charge in [0.1, 0.15) is 29.7 Å². The highest BCUT2D eigenvalue weighted by atomic mass is 16.8. The van der Waals surface area contributed by atoms with Gasteiger partial charge >= 0.3 is 0 Å². The molecule has 3 aromatic heterocycles. The Balaban J connectivity index is 1.29. The van der Waals surface area contributed by atoms with E-state index >= 15 is 0 Å². The molecule has 1 aliphatic heterocycles. The number of nitrogens with two attached hydrogens (primary N) is 2. The largest absolute Gasteiger partial charge is 0.384 e. The fourth-order valence-electron chi connectivity index (χ4n) is 5.19. The van der Waals surface area contributed by atoms with Crippen molar-refractivity contribution in [2.75, 3.05) is 11.5 Å². The topological polar surface area (TPSA) is 114 Å². The summed E-state index contributed by atoms with van der Waals surface area (Å²) >= 11 is 0. The first-order valence-corrected chi connectivity index (χ1v) is 11.0. The normalized spacial score (nSPS) is 27.0. The second kappa shape index (κ2) is 7.76. The summed E-state index contributed by atoms with van der Waals surface area (Å²) in [7, 11) is 0. The summed E-state index contributed by atoms with van der Waals surface area (Å²) in [6.45, 7) is 4.00. The molecular weight excluding hydrogens is 392 g/mol. The number of fused-ring (bicyclic) bond motifs is 2. The molecule has 3 aromatic rings. The Morgan fingerprint density at radius 3 is 2.71 bits per heavy atom. The molecule has 4 atom stereocenters. The summed E-state index contributed by atoms with van der Waals surface area (Å²) < 4.78 is 14.9. The number of rotatable bonds is 6. The first-order valence-electron chi connectivity index (χ1n) is 11.0. The van der Waals surface area contributed by atoms with E-state index in [2.05, 4.69) is 31.8 Å². The van der Waals surface area contributed by atoms with Crippen LogP contribution in [-0.4, -0.2) is 37.5 Å². The first-order chi connectivity index (χ1) is 14.9. The minimum Gasteiger partial charge on any atom is -0.384 e. The van der Waals surface area contributed by atoms with Crippen LogP contribution < -0.4 is 11.5 Å². The monoisotopic (exact) mass is 422 g/mol. The number of aromatic nitrogens is 4. The van der Waals surface area contributed by atoms with Gasteiger partial charge in [0.2, 0.25) is 0 Å². The smallest absolute Gasteiger partial charge is 0.163 e. The van der Waals surface area contributed by atoms with Crippen LogP contribution in [0.3, 0.4) is 0 Å². The third kappa shape index (κ3) is 3.85. The molecule has 164 valence electrons. The molecule has 8 nitrogen and oxygen atoms in total. The molecule has 31 heavy (non-hydrogen) atoms. The van der Waals surface area contributed by atoms with Gasteiger partial charge in [-0.25, -0.2) is 15.0 Å². The van der Waals surface area contributed by atoms with Crippen molar-refractivity contribution in [2.45, 2.75) is 70.0 Å². The maximum Gasteiger partial charge on any atom is 0.163 e. The van der Waals surface area contributed by atoms with Gasteiger partial charge in [0.05, 0.1) is 17.5 Å². The zero-order valence-electron chi connectivity index (χ0n) is 18.1. The third-order valence-electron chi connectivity index (χ3n) is 6.59. The van der Waals surface area contributed by atoms with E-state index in [0.717, 1.165) is 43.1 Å². The van der Waals surface area contributed by atoms with Gasteiger partial charge in [0, 0.05) is 12.4 Å². The number of nitrogen functional groups attached to an aromatic ring is 2. The molecule has 5 rings (SSSR count). The van der Waals surface area contributed by atoms with Crippen molar-refractivity contribution in [3.8, 4) is 0 Å². The van der Waals surface area contributed by atoms with E-state index in [9.17, 15) is 0 Å². The SMILES string of the molecule is CC1(C)O[C@@H]2[C@@H](CCCCc3ccc(N)nc3)C[C@@H](n3ccc4c(N)ncnc43)[C@@H]2O1. The second-order valence-corrected chi connectivity index (χ2v) is 9.18. The fraction of sp³-hybridized carbons (Fsp3) is 0.522. The van der Waals surface area contributed by atoms with Gasteiger partial charge in [0.15, 0.2) is 5.79 Å². The number of nitrogens with zero attached hydrogens (tertiary/aromatic N) is 4. The van der Waals surface area contributed by atoms with Crippen molar-refractivity contribution < 1.29 is 9.47 Å². The van der Waals surface area contributed by atoms with Crippen molar-refractivity contribution >= 4 is 22.7 Å². The molecule has 4 heterocycles. The lowest BCUT2D eigenvalue weighted by Crippen LogP contribution is -2.27. The number of ether oxygens (including phenoxy) is 2. The number of pyridine rings is 1. The molecule has 0 amide bonds. The van der Waals surface area contributed by atoms with Gasteiger partial charge in [-0.15, -0.1) is 0 Å². The fourth-order valence-corrected chi connectivity index (χ4v) is 5.19. The Morgan fingerprint density at radius 2 is 1.90 bits per heavy atom. The highest BCUT2D eigenvalue weighted by Crippen LogP contribution is 2.49. The first kappa shape index (κ1) is 20.2. The van der Waals surface area contributed by atoms with Crippen molar-refractivity contribution in [2.24, 2.45) is 5.92 Å². The summed E-state index contributed by atoms with van der Waals surface area (Å²) in [6.07, 6.45) is 10.9. The molecule has 1 aliphatic carbocycles. The highest BCUT2D eigenvalue weighted by Gasteiger charge is 2.54. The van der Waals surface area contributed by atoms with Crippen LogP contribution in [0.2, 0.25) is 0 Å². The van der Waals surface area contributed by atoms with Gasteiger partial charge in [-0.1, -0.05) is 12.5 Å². The van der Waals surface area contributed by atoms with Crippen LogP contribution in [-0.2, 0) is 15.9 Å². The van der Waals surface area contributed by atoms with Crippen LogP contribution >= 0.6 is 0 Å². The van der Waals surface area contributed by atoms with Crippen LogP contribution in [0.1, 0.15) is 51.1 Å². The summed E-state index contributed by atoms with van der Waals surface area (Å²) in [6, 6.07) is 6.09. The zero-order chi connectivity index (χ0) is 21.6. The van der Waals surface area contributed by atoms with Crippen LogP contribution in [0.25, 0.3) is 11.0 Å². The van der Waals surface area contributed by atoms with E-state index in [-0.39, 0.29) is 18.2 Å². The molecule has 0 spiro atoms. The number of hydrogen-bond acceptors (Lipinski definition) is 7. The molecule has 2 fully saturated rings. The van der Waals surface area contributed by atoms with E-state index < -0.39 is 5.79 Å². The van der Waals surface area contributed by atoms with E-state index in [0.29, 0.717) is 17.6 Å². The Hall–Kier alpha value is -2.71. The molecule has 8 heteroatoms. The lowest BCUT2D eigenvalue weighted by molar-refractivity contribution is -0.160. The molecule has 0 unspecified atom stereocenters. The van der Waals surface area contributed by atoms with Gasteiger partial charge in [-0.2, -0.15) is 0 Å². The van der Waals surface area contributed by atoms with Crippen molar-refractivity contribution in [3.63, 3.8) is 0 Å². The van der Waals surface area contributed by atoms with Crippen LogP contribution in [0.5, 0.6) is 0 Å². The Labute approximate surface area is 182 Å². The van der Waals surface area contributed by atoms with Crippen LogP contribution in [0.15, 0.2) is 36.9 Å². The van der Waals surface area contributed by atoms with Gasteiger partial charge in [-0.3, -0.25) is 0 Å². The van der Waals surface area contributed by atoms with Gasteiger partial charge < -0.3 is 25.5 Å². The van der Waals surface area contributed by atoms with Gasteiger partial charge in [0.25, 0.3) is 0 Å². The maximum absolute atomic E-state index is 6.37. The molecule has 0 aromatic carbocycles. The summed E-state index contributed by atoms with van der Waals surface area (Å²) in [4.78, 5) is 12.8. The molecule has 4 N–H and O–H groups in total. The number of aryl methyl sites for hydroxylation is 1. The Kier molecular flexibility index (Phi) is 5.06. The van der Waals surface area contributed by atoms with E-state index in [1.165, 1.54) is 11.9 Å². The average Bonchev–Trinajstić information content (AvgIpc) is 3.38. The standard InChI is InChI=1S/C23H30N6O2/c1-23(2)30-19-15(6-4-3-5-14-7-8-18(24)26-12-14)11-17(20(19)31-23)29-10-9-16-21(25)27-13-28-22(16)29/h7-10,12-13,15,17,19-20H,3-6,11H2,1-2H3,(H2,24,26)(H2,25,27,28)/t15-,17+,19+,20-/m0/s1. The van der Waals surface area contributed by atoms with Crippen LogP contribution in [0.4, 0.5) is 11.6 Å². The Bertz CT molecular complexity index is 1060. The average molecular weight is 423 g/mol. The molecule has 0 bridgehead atoms. The predicted octanol–water partition coefficient (Wildman–Crippen LogP) is 3.48. The summed E-state index contributed by atoms with van der Waals surface area (Å²) in [5.74, 6) is 0.949. The highest BCUT2D eigenvalue weighted by molar-refractivity contribution is 5.86. The number of hydrogen-bond donors (Lipinski definition) is 2. The van der Waals surface area contributed by atoms with Gasteiger partial charge in [-0.05, 0) is 63.1 Å². The predicted molar refractivity (Wildman–Crippen MR) is 119 cm³/mol. The lowest BCUT2D eigenvalue weighted by atomic mass is 9.96. The summed E-state index contributed by atoms with van der Waals surface area (Å²) in [5.41, 5.74) is 13.8. The van der Waals surface area contributed by atoms with Crippen molar-refractivity contribution in [1.82, 2.24) is 19.5 Å². The minimum absolute atomic E-state index is 0.00749. The van der Waals surface area contributed by atoms with E-state index in [1.807, 2.05) is 32.2 Å². The van der Waals surface area contributed by atoms with Crippen LogP contribution in [0, 0.1) is 5.92 Å². The number of anilines is 2. The molecule has 1 saturated heterocycles. The zero-order valence-corrected chi connectivity index (χ0v) is 18.1. The minimum atomic E-state index is -0.571. The van der Waals surface area contributed by atoms with E-state index in [1.54, 1.807) is 0 Å². The number of unbranched alkanes of at least 4 members (excludes halogenated alkanes) is 1. The molecular formula is C23H30N6O2. The Morgan fingerprint density at radius 1 is 1.06 bits per heavy atom. The molecule has 0 radical (unpaired) electrons. The summed E-state index contributed by atoms with van der Waals surface area (Å²) in [5, 5.41) is 0.887. The lowest BCUT2D eigenvalue weighted by Gasteiger charge is -2.24. The third-order valence-corrected chi connectivity index (χ3v) is 6.59. The second-order valence-electron chi connectivity index (χ2n) is 9.18. The maximum atomic E-state index is 6.37. The van der Waals surface area contributed by atoms with Crippen molar-refractivity contribution in [1.29, 1.82) is 0 Å². The van der Waals surface area contributed by atoms with Crippen molar-refractivity contribution in [3.05, 3.63) is 42.5 Å². The van der Waals surface area contributed by atoms with E-state index in [4.69, 9.17) is 20.9 Å². The molecule has 1 saturated carbocycles.